The highest BCUT2D eigenvalue weighted by Crippen LogP contribution is 2.29. The van der Waals surface area contributed by atoms with Gasteiger partial charge in [0.25, 0.3) is 5.91 Å². The van der Waals surface area contributed by atoms with E-state index in [1.54, 1.807) is 35.1 Å². The van der Waals surface area contributed by atoms with Gasteiger partial charge in [-0.1, -0.05) is 29.5 Å². The van der Waals surface area contributed by atoms with Gasteiger partial charge in [-0.25, -0.2) is 9.78 Å². The number of amides is 3. The van der Waals surface area contributed by atoms with Crippen molar-refractivity contribution in [3.05, 3.63) is 52.7 Å². The van der Waals surface area contributed by atoms with Gasteiger partial charge in [0.2, 0.25) is 0 Å². The number of aliphatic imine (C=N–C) groups is 1. The lowest BCUT2D eigenvalue weighted by Gasteiger charge is -2.17. The monoisotopic (exact) mass is 475 g/mol. The molecule has 1 N–H and O–H groups in total. The molecule has 174 valence electrons. The van der Waals surface area contributed by atoms with Crippen LogP contribution < -0.4 is 15.0 Å². The van der Waals surface area contributed by atoms with Gasteiger partial charge in [0.05, 0.1) is 5.69 Å². The molecular formula is C22H23F2N5O3S. The molecule has 2 aromatic rings. The Kier molecular flexibility index (Phi) is 6.97. The number of carbonyl (C=O) groups excluding carboxylic acids is 2. The fraction of sp³-hybridized carbons (Fsp3) is 0.364. The number of anilines is 1. The van der Waals surface area contributed by atoms with Crippen LogP contribution in [0, 0.1) is 12.8 Å². The van der Waals surface area contributed by atoms with E-state index in [9.17, 15) is 18.4 Å². The third-order valence-corrected chi connectivity index (χ3v) is 6.47. The van der Waals surface area contributed by atoms with E-state index in [0.717, 1.165) is 12.0 Å². The highest BCUT2D eigenvalue weighted by molar-refractivity contribution is 7.17. The topological polar surface area (TPSA) is 87.1 Å². The summed E-state index contributed by atoms with van der Waals surface area (Å²) in [7, 11) is 0. The highest BCUT2D eigenvalue weighted by atomic mass is 32.1. The lowest BCUT2D eigenvalue weighted by atomic mass is 10.1. The number of nitrogens with zero attached hydrogens (tertiary/aromatic N) is 4. The number of urea groups is 1. The molecule has 1 unspecified atom stereocenters. The van der Waals surface area contributed by atoms with Crippen molar-refractivity contribution in [2.24, 2.45) is 10.9 Å². The first-order chi connectivity index (χ1) is 15.9. The van der Waals surface area contributed by atoms with Crippen LogP contribution in [-0.2, 0) is 6.54 Å². The molecule has 8 nitrogen and oxygen atoms in total. The first kappa shape index (κ1) is 22.8. The maximum absolute atomic E-state index is 12.9. The van der Waals surface area contributed by atoms with Gasteiger partial charge in [-0.05, 0) is 31.0 Å². The van der Waals surface area contributed by atoms with Crippen LogP contribution in [0.15, 0.2) is 41.5 Å². The molecule has 1 aromatic heterocycles. The van der Waals surface area contributed by atoms with Crippen LogP contribution in [0.4, 0.5) is 18.7 Å². The number of thiazole rings is 1. The molecule has 1 aromatic carbocycles. The summed E-state index contributed by atoms with van der Waals surface area (Å²) in [5, 5.41) is 3.40. The van der Waals surface area contributed by atoms with Crippen LogP contribution in [0.3, 0.4) is 0 Å². The highest BCUT2D eigenvalue weighted by Gasteiger charge is 2.32. The van der Waals surface area contributed by atoms with Gasteiger partial charge in [0, 0.05) is 44.5 Å². The van der Waals surface area contributed by atoms with Crippen molar-refractivity contribution >= 4 is 34.6 Å². The zero-order valence-corrected chi connectivity index (χ0v) is 18.7. The Morgan fingerprint density at radius 3 is 2.79 bits per heavy atom. The summed E-state index contributed by atoms with van der Waals surface area (Å²) >= 11 is 1.19. The third kappa shape index (κ3) is 5.54. The number of hydrogen-bond acceptors (Lipinski definition) is 6. The number of alkyl halides is 2. The first-order valence-corrected chi connectivity index (χ1v) is 11.3. The first-order valence-electron chi connectivity index (χ1n) is 10.4. The molecule has 11 heteroatoms. The average Bonchev–Trinajstić information content (AvgIpc) is 3.36. The van der Waals surface area contributed by atoms with E-state index < -0.39 is 6.61 Å². The number of rotatable bonds is 8. The summed E-state index contributed by atoms with van der Waals surface area (Å²) in [6, 6.07) is 5.98. The number of ether oxygens (including phenoxy) is 1. The second-order valence-electron chi connectivity index (χ2n) is 7.68. The maximum Gasteiger partial charge on any atom is 0.387 e. The second kappa shape index (κ2) is 10.1. The van der Waals surface area contributed by atoms with Gasteiger partial charge in [-0.3, -0.25) is 14.7 Å². The van der Waals surface area contributed by atoms with Crippen LogP contribution in [-0.4, -0.2) is 54.3 Å². The predicted molar refractivity (Wildman–Crippen MR) is 121 cm³/mol. The van der Waals surface area contributed by atoms with Gasteiger partial charge < -0.3 is 15.0 Å². The van der Waals surface area contributed by atoms with Crippen molar-refractivity contribution in [2.75, 3.05) is 24.5 Å². The minimum absolute atomic E-state index is 0.0689. The normalized spacial score (nSPS) is 17.8. The summed E-state index contributed by atoms with van der Waals surface area (Å²) in [5.74, 6) is 0.0182. The molecule has 2 aliphatic heterocycles. The number of aromatic nitrogens is 1. The Morgan fingerprint density at radius 2 is 2.09 bits per heavy atom. The van der Waals surface area contributed by atoms with Crippen LogP contribution in [0.5, 0.6) is 5.75 Å². The zero-order chi connectivity index (χ0) is 23.4. The lowest BCUT2D eigenvalue weighted by Crippen LogP contribution is -2.31. The molecule has 0 spiro atoms. The number of aryl methyl sites for hydroxylation is 1. The molecule has 4 rings (SSSR count). The Hall–Kier alpha value is -3.34. The number of hydrogen-bond donors (Lipinski definition) is 1. The average molecular weight is 476 g/mol. The summed E-state index contributed by atoms with van der Waals surface area (Å²) in [6.45, 7) is 0.626. The van der Waals surface area contributed by atoms with Crippen LogP contribution in [0.2, 0.25) is 0 Å². The quantitative estimate of drug-likeness (QED) is 0.629. The van der Waals surface area contributed by atoms with E-state index in [0.29, 0.717) is 41.9 Å². The largest absolute Gasteiger partial charge is 0.435 e. The van der Waals surface area contributed by atoms with E-state index in [1.807, 2.05) is 12.3 Å². The smallest absolute Gasteiger partial charge is 0.387 e. The van der Waals surface area contributed by atoms with E-state index in [-0.39, 0.29) is 23.6 Å². The van der Waals surface area contributed by atoms with E-state index in [4.69, 9.17) is 0 Å². The molecule has 1 saturated heterocycles. The molecule has 33 heavy (non-hydrogen) atoms. The van der Waals surface area contributed by atoms with E-state index >= 15 is 0 Å². The van der Waals surface area contributed by atoms with Crippen molar-refractivity contribution in [3.8, 4) is 5.75 Å². The van der Waals surface area contributed by atoms with Crippen molar-refractivity contribution < 1.29 is 23.1 Å². The van der Waals surface area contributed by atoms with Gasteiger partial charge in [-0.15, -0.1) is 0 Å². The third-order valence-electron chi connectivity index (χ3n) is 5.29. The summed E-state index contributed by atoms with van der Waals surface area (Å²) in [6.07, 6.45) is 6.35. The Bertz CT molecular complexity index is 1070. The van der Waals surface area contributed by atoms with Crippen LogP contribution in [0.25, 0.3) is 0 Å². The molecule has 0 radical (unpaired) electrons. The molecule has 3 heterocycles. The molecular weight excluding hydrogens is 452 g/mol. The Morgan fingerprint density at radius 1 is 1.30 bits per heavy atom. The second-order valence-corrected chi connectivity index (χ2v) is 8.66. The van der Waals surface area contributed by atoms with Gasteiger partial charge in [-0.2, -0.15) is 8.78 Å². The fourth-order valence-corrected chi connectivity index (χ4v) is 4.58. The minimum Gasteiger partial charge on any atom is -0.435 e. The summed E-state index contributed by atoms with van der Waals surface area (Å²) in [4.78, 5) is 37.8. The van der Waals surface area contributed by atoms with E-state index in [2.05, 4.69) is 20.0 Å². The lowest BCUT2D eigenvalue weighted by molar-refractivity contribution is -0.0498. The fourth-order valence-electron chi connectivity index (χ4n) is 3.58. The molecule has 1 atom stereocenters. The van der Waals surface area contributed by atoms with Crippen LogP contribution >= 0.6 is 11.3 Å². The number of benzene rings is 1. The van der Waals surface area contributed by atoms with Crippen molar-refractivity contribution in [3.63, 3.8) is 0 Å². The number of halogens is 2. The molecule has 0 aliphatic carbocycles. The van der Waals surface area contributed by atoms with Crippen molar-refractivity contribution in [1.29, 1.82) is 0 Å². The van der Waals surface area contributed by atoms with Crippen molar-refractivity contribution in [2.45, 2.75) is 26.5 Å². The van der Waals surface area contributed by atoms with E-state index in [1.165, 1.54) is 23.5 Å². The molecule has 3 amide bonds. The minimum atomic E-state index is -2.88. The Balaban J connectivity index is 1.36. The Labute approximate surface area is 193 Å². The van der Waals surface area contributed by atoms with Gasteiger partial charge >= 0.3 is 12.6 Å². The SMILES string of the molecule is Cc1nc(N2CCN(Cc3ccc(OC(F)F)cc3)C2=O)sc1C(=O)NCC1C=NC=CC1. The predicted octanol–water partition coefficient (Wildman–Crippen LogP) is 3.83. The zero-order valence-electron chi connectivity index (χ0n) is 17.9. The number of allylic oxidation sites excluding steroid dienone is 1. The molecule has 1 fully saturated rings. The summed E-state index contributed by atoms with van der Waals surface area (Å²) in [5.41, 5.74) is 1.37. The number of carbonyl (C=O) groups is 2. The van der Waals surface area contributed by atoms with Crippen LogP contribution in [0.1, 0.15) is 27.3 Å². The van der Waals surface area contributed by atoms with Gasteiger partial charge in [0.1, 0.15) is 10.6 Å². The van der Waals surface area contributed by atoms with Crippen molar-refractivity contribution in [1.82, 2.24) is 15.2 Å². The molecule has 0 saturated carbocycles. The molecule has 0 bridgehead atoms. The number of nitrogens with one attached hydrogen (secondary N) is 1. The van der Waals surface area contributed by atoms with Gasteiger partial charge in [0.15, 0.2) is 5.13 Å². The maximum atomic E-state index is 12.9. The standard InChI is InChI=1S/C22H23F2N5O3S/c1-14-18(19(30)26-12-16-3-2-8-25-11-16)33-21(27-14)29-10-9-28(22(29)31)13-15-4-6-17(7-5-15)32-20(23)24/h2,4-8,11,16,20H,3,9-10,12-13H2,1H3,(H,26,30). The summed E-state index contributed by atoms with van der Waals surface area (Å²) < 4.78 is 28.9. The molecule has 2 aliphatic rings.